The third-order valence-electron chi connectivity index (χ3n) is 5.12. The molecule has 0 aromatic carbocycles. The average molecular weight is 434 g/mol. The minimum atomic E-state index is -4.63. The molecule has 156 valence electrons. The van der Waals surface area contributed by atoms with Crippen LogP contribution in [0.3, 0.4) is 0 Å². The molecule has 0 atom stereocenters. The predicted molar refractivity (Wildman–Crippen MR) is 105 cm³/mol. The molecule has 0 unspecified atom stereocenters. The lowest BCUT2D eigenvalue weighted by atomic mass is 9.83. The summed E-state index contributed by atoms with van der Waals surface area (Å²) in [4.78, 5) is 35.4. The van der Waals surface area contributed by atoms with Gasteiger partial charge in [0.2, 0.25) is 0 Å². The van der Waals surface area contributed by atoms with E-state index in [1.165, 1.54) is 23.6 Å². The van der Waals surface area contributed by atoms with Crippen LogP contribution in [0.2, 0.25) is 0 Å². The first-order chi connectivity index (χ1) is 14.3. The van der Waals surface area contributed by atoms with E-state index in [2.05, 4.69) is 20.3 Å². The van der Waals surface area contributed by atoms with Crippen molar-refractivity contribution in [3.05, 3.63) is 46.9 Å². The Kier molecular flexibility index (Phi) is 5.50. The molecule has 3 aromatic heterocycles. The zero-order valence-electron chi connectivity index (χ0n) is 15.6. The Hall–Kier alpha value is -2.88. The van der Waals surface area contributed by atoms with Gasteiger partial charge in [0.25, 0.3) is 5.91 Å². The first kappa shape index (κ1) is 20.4. The molecule has 30 heavy (non-hydrogen) atoms. The predicted octanol–water partition coefficient (Wildman–Crippen LogP) is 4.83. The molecular formula is C20H17F3N4O2S. The number of carbonyl (C=O) groups excluding carboxylic acids is 2. The molecule has 6 nitrogen and oxygen atoms in total. The second-order valence-corrected chi connectivity index (χ2v) is 8.26. The number of nitrogens with zero attached hydrogens (tertiary/aromatic N) is 3. The number of fused-ring (bicyclic) bond motifs is 1. The fourth-order valence-corrected chi connectivity index (χ4v) is 4.64. The van der Waals surface area contributed by atoms with Gasteiger partial charge in [-0.25, -0.2) is 15.0 Å². The van der Waals surface area contributed by atoms with E-state index in [0.29, 0.717) is 11.4 Å². The van der Waals surface area contributed by atoms with E-state index in [4.69, 9.17) is 0 Å². The van der Waals surface area contributed by atoms with Crippen molar-refractivity contribution < 1.29 is 22.8 Å². The lowest BCUT2D eigenvalue weighted by molar-refractivity contribution is -0.141. The normalized spacial score (nSPS) is 19.6. The van der Waals surface area contributed by atoms with Gasteiger partial charge < -0.3 is 10.1 Å². The molecule has 10 heteroatoms. The Morgan fingerprint density at radius 1 is 1.17 bits per heavy atom. The topological polar surface area (TPSA) is 84.8 Å². The number of amides is 1. The van der Waals surface area contributed by atoms with Gasteiger partial charge in [-0.05, 0) is 37.8 Å². The Balaban J connectivity index is 1.50. The first-order valence-corrected chi connectivity index (χ1v) is 10.2. The number of halogens is 3. The number of rotatable bonds is 4. The Labute approximate surface area is 173 Å². The highest BCUT2D eigenvalue weighted by atomic mass is 32.1. The molecule has 0 bridgehead atoms. The van der Waals surface area contributed by atoms with Crippen LogP contribution in [-0.2, 0) is 11.0 Å². The van der Waals surface area contributed by atoms with Crippen molar-refractivity contribution in [1.29, 1.82) is 0 Å². The smallest absolute Gasteiger partial charge is 0.305 e. The van der Waals surface area contributed by atoms with E-state index in [1.807, 2.05) is 0 Å². The van der Waals surface area contributed by atoms with Crippen LogP contribution >= 0.6 is 11.3 Å². The second kappa shape index (κ2) is 8.10. The largest absolute Gasteiger partial charge is 0.433 e. The van der Waals surface area contributed by atoms with Crippen molar-refractivity contribution >= 4 is 39.6 Å². The molecule has 3 aromatic rings. The molecule has 1 aliphatic carbocycles. The van der Waals surface area contributed by atoms with Crippen molar-refractivity contribution in [2.45, 2.75) is 37.8 Å². The van der Waals surface area contributed by atoms with Gasteiger partial charge in [0.1, 0.15) is 23.5 Å². The third kappa shape index (κ3) is 4.33. The van der Waals surface area contributed by atoms with E-state index < -0.39 is 17.8 Å². The first-order valence-electron chi connectivity index (χ1n) is 9.41. The maximum absolute atomic E-state index is 12.8. The number of hydrogen-bond acceptors (Lipinski definition) is 6. The molecule has 0 saturated heterocycles. The fraction of sp³-hybridized carbons (Fsp3) is 0.350. The van der Waals surface area contributed by atoms with Crippen molar-refractivity contribution in [2.24, 2.45) is 5.92 Å². The van der Waals surface area contributed by atoms with Crippen molar-refractivity contribution in [1.82, 2.24) is 15.0 Å². The van der Waals surface area contributed by atoms with E-state index in [-0.39, 0.29) is 17.4 Å². The van der Waals surface area contributed by atoms with Crippen LogP contribution < -0.4 is 5.32 Å². The van der Waals surface area contributed by atoms with Gasteiger partial charge in [0.05, 0.1) is 21.4 Å². The third-order valence-corrected chi connectivity index (χ3v) is 6.30. The Morgan fingerprint density at radius 2 is 1.93 bits per heavy atom. The summed E-state index contributed by atoms with van der Waals surface area (Å²) in [6.45, 7) is 0. The highest BCUT2D eigenvalue weighted by Gasteiger charge is 2.33. The van der Waals surface area contributed by atoms with E-state index in [0.717, 1.165) is 53.8 Å². The van der Waals surface area contributed by atoms with E-state index >= 15 is 0 Å². The number of aromatic nitrogens is 3. The number of nitrogens with one attached hydrogen (secondary N) is 1. The van der Waals surface area contributed by atoms with Gasteiger partial charge in [0.15, 0.2) is 0 Å². The number of pyridine rings is 2. The summed E-state index contributed by atoms with van der Waals surface area (Å²) in [6, 6.07) is 4.81. The maximum Gasteiger partial charge on any atom is 0.433 e. The van der Waals surface area contributed by atoms with Gasteiger partial charge >= 0.3 is 6.18 Å². The monoisotopic (exact) mass is 434 g/mol. The summed E-state index contributed by atoms with van der Waals surface area (Å²) >= 11 is 1.50. The average Bonchev–Trinajstić information content (AvgIpc) is 3.16. The summed E-state index contributed by atoms with van der Waals surface area (Å²) in [5.74, 6) is -0.133. The quantitative estimate of drug-likeness (QED) is 0.595. The minimum absolute atomic E-state index is 0.128. The minimum Gasteiger partial charge on any atom is -0.305 e. The molecule has 1 amide bonds. The summed E-state index contributed by atoms with van der Waals surface area (Å²) in [6.07, 6.45) is 1.44. The van der Waals surface area contributed by atoms with Crippen LogP contribution in [0.1, 0.15) is 52.8 Å². The summed E-state index contributed by atoms with van der Waals surface area (Å²) in [5, 5.41) is 3.46. The molecule has 1 fully saturated rings. The van der Waals surface area contributed by atoms with Gasteiger partial charge in [0, 0.05) is 17.9 Å². The van der Waals surface area contributed by atoms with Gasteiger partial charge in [-0.3, -0.25) is 4.79 Å². The lowest BCUT2D eigenvalue weighted by Gasteiger charge is -2.23. The van der Waals surface area contributed by atoms with E-state index in [1.54, 1.807) is 6.07 Å². The summed E-state index contributed by atoms with van der Waals surface area (Å²) in [5.41, 5.74) is -0.777. The number of carbonyl (C=O) groups is 2. The zero-order chi connectivity index (χ0) is 21.3. The maximum atomic E-state index is 12.8. The van der Waals surface area contributed by atoms with Crippen molar-refractivity contribution in [3.63, 3.8) is 0 Å². The van der Waals surface area contributed by atoms with Crippen molar-refractivity contribution in [3.8, 4) is 0 Å². The summed E-state index contributed by atoms with van der Waals surface area (Å²) < 4.78 is 39.2. The van der Waals surface area contributed by atoms with Crippen molar-refractivity contribution in [2.75, 3.05) is 5.32 Å². The zero-order valence-corrected chi connectivity index (χ0v) is 16.5. The molecule has 0 radical (unpaired) electrons. The highest BCUT2D eigenvalue weighted by Crippen LogP contribution is 2.38. The molecule has 1 saturated carbocycles. The summed E-state index contributed by atoms with van der Waals surface area (Å²) in [7, 11) is 0. The molecule has 3 heterocycles. The molecule has 0 spiro atoms. The van der Waals surface area contributed by atoms with Gasteiger partial charge in [-0.15, -0.1) is 11.3 Å². The Morgan fingerprint density at radius 3 is 2.63 bits per heavy atom. The van der Waals surface area contributed by atoms with Crippen LogP contribution in [0.25, 0.3) is 10.2 Å². The Bertz CT molecular complexity index is 1090. The van der Waals surface area contributed by atoms with E-state index in [9.17, 15) is 22.8 Å². The standard InChI is InChI=1S/C20H17F3N4O2S/c21-20(22,23)16-3-1-2-13(25-16)18(29)27-17-8-15-14(9-24-17)26-19(30-15)12-6-4-11(10-28)5-7-12/h1-3,8-12H,4-7H2,(H,24,27,29). The van der Waals surface area contributed by atoms with Crippen LogP contribution in [0.15, 0.2) is 30.5 Å². The van der Waals surface area contributed by atoms with Crippen LogP contribution in [0.5, 0.6) is 0 Å². The number of anilines is 1. The molecule has 1 N–H and O–H groups in total. The van der Waals surface area contributed by atoms with Crippen LogP contribution in [0, 0.1) is 5.92 Å². The highest BCUT2D eigenvalue weighted by molar-refractivity contribution is 7.18. The lowest BCUT2D eigenvalue weighted by Crippen LogP contribution is -2.17. The molecule has 1 aliphatic rings. The van der Waals surface area contributed by atoms with Gasteiger partial charge in [-0.2, -0.15) is 13.2 Å². The molecule has 0 aliphatic heterocycles. The fourth-order valence-electron chi connectivity index (χ4n) is 3.49. The number of aldehydes is 1. The van der Waals surface area contributed by atoms with Gasteiger partial charge in [-0.1, -0.05) is 6.07 Å². The second-order valence-electron chi connectivity index (χ2n) is 7.20. The van der Waals surface area contributed by atoms with Crippen LogP contribution in [0.4, 0.5) is 19.0 Å². The number of alkyl halides is 3. The molecule has 4 rings (SSSR count). The SMILES string of the molecule is O=CC1CCC(c2nc3cnc(NC(=O)c4cccc(C(F)(F)F)n4)cc3s2)CC1. The molecular weight excluding hydrogens is 417 g/mol. The van der Waals surface area contributed by atoms with Crippen LogP contribution in [-0.4, -0.2) is 27.1 Å². The number of hydrogen-bond donors (Lipinski definition) is 1. The number of thiazole rings is 1.